The Morgan fingerprint density at radius 2 is 1.68 bits per heavy atom. The normalized spacial score (nSPS) is 17.7. The van der Waals surface area contributed by atoms with Crippen molar-refractivity contribution in [2.24, 2.45) is 0 Å². The van der Waals surface area contributed by atoms with Crippen LogP contribution in [0.5, 0.6) is 0 Å². The first-order chi connectivity index (χ1) is 12.8. The van der Waals surface area contributed by atoms with Gasteiger partial charge in [-0.2, -0.15) is 17.7 Å². The number of hydrogen-bond acceptors (Lipinski definition) is 7. The van der Waals surface area contributed by atoms with Crippen LogP contribution in [0.4, 0.5) is 13.2 Å². The van der Waals surface area contributed by atoms with Crippen LogP contribution < -0.4 is 5.32 Å². The summed E-state index contributed by atoms with van der Waals surface area (Å²) in [6.07, 6.45) is 0. The second-order valence-corrected chi connectivity index (χ2v) is 10.6. The third-order valence-electron chi connectivity index (χ3n) is 4.06. The van der Waals surface area contributed by atoms with Gasteiger partial charge in [-0.3, -0.25) is 4.79 Å². The summed E-state index contributed by atoms with van der Waals surface area (Å²) in [7, 11) is -3.51. The average Bonchev–Trinajstić information content (AvgIpc) is 2.86. The minimum absolute atomic E-state index is 0.0502. The molecule has 1 aromatic carbocycles. The van der Waals surface area contributed by atoms with E-state index in [-0.39, 0.29) is 5.91 Å². The summed E-state index contributed by atoms with van der Waals surface area (Å²) in [6, 6.07) is 9.24. The second kappa shape index (κ2) is 9.95. The minimum atomic E-state index is -6.09. The summed E-state index contributed by atoms with van der Waals surface area (Å²) in [5.41, 5.74) is -4.96. The molecule has 0 radical (unpaired) electrons. The van der Waals surface area contributed by atoms with Crippen LogP contribution in [0.2, 0.25) is 0 Å². The number of nitrogens with zero attached hydrogens (tertiary/aromatic N) is 2. The van der Waals surface area contributed by atoms with Crippen molar-refractivity contribution < 1.29 is 35.5 Å². The largest absolute Gasteiger partial charge is 0.741 e. The van der Waals surface area contributed by atoms with Crippen LogP contribution in [0.3, 0.4) is 0 Å². The van der Waals surface area contributed by atoms with Gasteiger partial charge in [0.25, 0.3) is 13.7 Å². The van der Waals surface area contributed by atoms with Crippen molar-refractivity contribution in [2.75, 3.05) is 47.0 Å². The monoisotopic (exact) mass is 445 g/mol. The molecule has 1 saturated heterocycles. The molecule has 2 rings (SSSR count). The van der Waals surface area contributed by atoms with Gasteiger partial charge in [0, 0.05) is 26.2 Å². The standard InChI is InChI=1S/C14H22N3O2P.CHF3O3S/c1-16-10-11-17(2)20(16,3)19-12-9-15-14(18)13-7-5-4-6-8-13;2-1(3,4)8(5,6)7/h4-8H,9-12H2,1-3H3;(H,5,6,7). The molecule has 0 atom stereocenters. The van der Waals surface area contributed by atoms with Gasteiger partial charge in [0.05, 0.1) is 13.1 Å². The number of benzene rings is 1. The van der Waals surface area contributed by atoms with E-state index >= 15 is 0 Å². The number of likely N-dealkylation sites (N-methyl/N-ethyl adjacent to an activating group) is 2. The molecule has 1 N–H and O–H groups in total. The van der Waals surface area contributed by atoms with Gasteiger partial charge in [0.2, 0.25) is 0 Å². The van der Waals surface area contributed by atoms with Gasteiger partial charge >= 0.3 is 5.51 Å². The Kier molecular flexibility index (Phi) is 8.79. The van der Waals surface area contributed by atoms with Gasteiger partial charge < -0.3 is 9.87 Å². The molecular formula is C15H23F3N3O5PS. The van der Waals surface area contributed by atoms with Gasteiger partial charge in [0.1, 0.15) is 13.3 Å². The Balaban J connectivity index is 0.000000416. The predicted octanol–water partition coefficient (Wildman–Crippen LogP) is 1.75. The molecule has 0 saturated carbocycles. The molecule has 1 fully saturated rings. The van der Waals surface area contributed by atoms with Crippen LogP contribution in [-0.2, 0) is 14.6 Å². The summed E-state index contributed by atoms with van der Waals surface area (Å²) in [6.45, 7) is 5.32. The SMILES string of the molecule is CN1CCN(C)[P+]1(C)OCCNC(=O)c1ccccc1.O=S(=O)([O-])C(F)(F)F. The zero-order valence-corrected chi connectivity index (χ0v) is 17.4. The molecule has 0 aliphatic carbocycles. The molecule has 1 amide bonds. The van der Waals surface area contributed by atoms with Gasteiger partial charge in [-0.1, -0.05) is 18.2 Å². The average molecular weight is 445 g/mol. The lowest BCUT2D eigenvalue weighted by Gasteiger charge is -2.26. The van der Waals surface area contributed by atoms with E-state index in [1.54, 1.807) is 0 Å². The number of hydrogen-bond donors (Lipinski definition) is 1. The molecule has 1 aliphatic rings. The maximum atomic E-state index is 11.9. The first-order valence-electron chi connectivity index (χ1n) is 8.08. The molecule has 8 nitrogen and oxygen atoms in total. The van der Waals surface area contributed by atoms with Crippen LogP contribution in [0, 0.1) is 0 Å². The molecule has 1 aliphatic heterocycles. The Labute approximate surface area is 162 Å². The Morgan fingerprint density at radius 1 is 1.21 bits per heavy atom. The van der Waals surface area contributed by atoms with Crippen molar-refractivity contribution in [1.29, 1.82) is 0 Å². The summed E-state index contributed by atoms with van der Waals surface area (Å²) in [5, 5.41) is 2.89. The fraction of sp³-hybridized carbons (Fsp3) is 0.533. The Morgan fingerprint density at radius 3 is 2.11 bits per heavy atom. The van der Waals surface area contributed by atoms with Gasteiger partial charge in [0.15, 0.2) is 10.1 Å². The zero-order valence-electron chi connectivity index (χ0n) is 15.6. The highest BCUT2D eigenvalue weighted by molar-refractivity contribution is 7.86. The van der Waals surface area contributed by atoms with Crippen LogP contribution in [0.1, 0.15) is 10.4 Å². The van der Waals surface area contributed by atoms with Crippen molar-refractivity contribution in [2.45, 2.75) is 5.51 Å². The van der Waals surface area contributed by atoms with Crippen LogP contribution in [0.15, 0.2) is 30.3 Å². The summed E-state index contributed by atoms with van der Waals surface area (Å²) < 4.78 is 69.5. The van der Waals surface area contributed by atoms with E-state index in [0.29, 0.717) is 18.7 Å². The number of rotatable bonds is 5. The molecule has 0 spiro atoms. The molecule has 1 aromatic rings. The molecule has 0 bridgehead atoms. The van der Waals surface area contributed by atoms with Crippen LogP contribution in [0.25, 0.3) is 0 Å². The van der Waals surface area contributed by atoms with Gasteiger partial charge in [-0.15, -0.1) is 9.34 Å². The molecule has 1 heterocycles. The zero-order chi connectivity index (χ0) is 21.6. The van der Waals surface area contributed by atoms with E-state index in [1.165, 1.54) is 0 Å². The quantitative estimate of drug-likeness (QED) is 0.319. The van der Waals surface area contributed by atoms with Crippen molar-refractivity contribution in [3.63, 3.8) is 0 Å². The number of amides is 1. The van der Waals surface area contributed by atoms with E-state index in [2.05, 4.69) is 35.4 Å². The molecule has 0 aromatic heterocycles. The first-order valence-corrected chi connectivity index (χ1v) is 11.6. The van der Waals surface area contributed by atoms with E-state index in [9.17, 15) is 18.0 Å². The van der Waals surface area contributed by atoms with E-state index in [4.69, 9.17) is 17.5 Å². The molecule has 0 unspecified atom stereocenters. The summed E-state index contributed by atoms with van der Waals surface area (Å²) in [5.74, 6) is -0.0502. The van der Waals surface area contributed by atoms with Crippen molar-refractivity contribution >= 4 is 23.8 Å². The third kappa shape index (κ3) is 6.94. The van der Waals surface area contributed by atoms with E-state index < -0.39 is 23.4 Å². The van der Waals surface area contributed by atoms with E-state index in [0.717, 1.165) is 13.1 Å². The molecule has 28 heavy (non-hydrogen) atoms. The number of halogens is 3. The lowest BCUT2D eigenvalue weighted by molar-refractivity contribution is -0.0517. The summed E-state index contributed by atoms with van der Waals surface area (Å²) >= 11 is 0. The topological polar surface area (TPSA) is 102 Å². The highest BCUT2D eigenvalue weighted by Crippen LogP contribution is 2.63. The minimum Gasteiger partial charge on any atom is -0.741 e. The fourth-order valence-electron chi connectivity index (χ4n) is 2.19. The number of nitrogens with one attached hydrogen (secondary N) is 1. The number of carbonyl (C=O) groups is 1. The number of carbonyl (C=O) groups excluding carboxylic acids is 1. The van der Waals surface area contributed by atoms with Crippen LogP contribution >= 0.6 is 7.79 Å². The third-order valence-corrected chi connectivity index (χ3v) is 8.23. The smallest absolute Gasteiger partial charge is 0.485 e. The first kappa shape index (κ1) is 24.7. The highest BCUT2D eigenvalue weighted by atomic mass is 32.2. The molecule has 13 heteroatoms. The maximum Gasteiger partial charge on any atom is 0.485 e. The highest BCUT2D eigenvalue weighted by Gasteiger charge is 2.49. The second-order valence-electron chi connectivity index (χ2n) is 5.95. The van der Waals surface area contributed by atoms with Crippen molar-refractivity contribution in [1.82, 2.24) is 14.7 Å². The van der Waals surface area contributed by atoms with Crippen molar-refractivity contribution in [3.8, 4) is 0 Å². The van der Waals surface area contributed by atoms with Crippen LogP contribution in [-0.4, -0.2) is 80.7 Å². The molecule has 160 valence electrons. The lowest BCUT2D eigenvalue weighted by Crippen LogP contribution is -2.29. The number of alkyl halides is 3. The van der Waals surface area contributed by atoms with E-state index in [1.807, 2.05) is 30.3 Å². The summed E-state index contributed by atoms with van der Waals surface area (Å²) in [4.78, 5) is 11.9. The van der Waals surface area contributed by atoms with Gasteiger partial charge in [-0.25, -0.2) is 8.42 Å². The fourth-order valence-corrected chi connectivity index (χ4v) is 4.47. The molecular weight excluding hydrogens is 422 g/mol. The van der Waals surface area contributed by atoms with Crippen molar-refractivity contribution in [3.05, 3.63) is 35.9 Å². The predicted molar refractivity (Wildman–Crippen MR) is 98.6 cm³/mol. The lowest BCUT2D eigenvalue weighted by atomic mass is 10.2. The Bertz CT molecular complexity index is 739. The Hall–Kier alpha value is -1.30. The maximum absolute atomic E-state index is 11.9. The van der Waals surface area contributed by atoms with Gasteiger partial charge in [-0.05, 0) is 12.1 Å².